The molecule has 0 aromatic heterocycles. The van der Waals surface area contributed by atoms with E-state index in [9.17, 15) is 9.90 Å². The van der Waals surface area contributed by atoms with E-state index < -0.39 is 0 Å². The van der Waals surface area contributed by atoms with Crippen LogP contribution in [0.25, 0.3) is 0 Å². The van der Waals surface area contributed by atoms with Crippen molar-refractivity contribution >= 4 is 5.91 Å². The summed E-state index contributed by atoms with van der Waals surface area (Å²) in [4.78, 5) is 16.8. The van der Waals surface area contributed by atoms with Gasteiger partial charge in [-0.3, -0.25) is 14.6 Å². The monoisotopic (exact) mass is 323 g/mol. The average Bonchev–Trinajstić information content (AvgIpc) is 2.55. The summed E-state index contributed by atoms with van der Waals surface area (Å²) in [5, 5.41) is 12.5. The standard InChI is InChI=1S/C18H33N3O2/c1-15(22)14-20-10-12-21(13-11-20)16(2)18(23)19-9-8-17-6-4-3-5-7-17/h6,15-16,22H,3-5,7-14H2,1-2H3,(H,19,23)/t15-,16-/m0/s1. The summed E-state index contributed by atoms with van der Waals surface area (Å²) in [6.07, 6.45) is 8.09. The van der Waals surface area contributed by atoms with E-state index in [0.717, 1.165) is 45.7 Å². The van der Waals surface area contributed by atoms with Crippen molar-refractivity contribution in [1.29, 1.82) is 0 Å². The lowest BCUT2D eigenvalue weighted by Crippen LogP contribution is -2.54. The van der Waals surface area contributed by atoms with Crippen LogP contribution in [0.3, 0.4) is 0 Å². The molecule has 1 fully saturated rings. The third kappa shape index (κ3) is 6.24. The number of aliphatic hydroxyl groups excluding tert-OH is 1. The Morgan fingerprint density at radius 1 is 1.26 bits per heavy atom. The minimum atomic E-state index is -0.281. The number of hydrogen-bond donors (Lipinski definition) is 2. The summed E-state index contributed by atoms with van der Waals surface area (Å²) in [5.74, 6) is 0.144. The van der Waals surface area contributed by atoms with E-state index in [0.29, 0.717) is 0 Å². The fourth-order valence-electron chi connectivity index (χ4n) is 3.50. The molecule has 1 heterocycles. The number of carbonyl (C=O) groups is 1. The number of piperazine rings is 1. The van der Waals surface area contributed by atoms with Gasteiger partial charge in [0.25, 0.3) is 0 Å². The number of β-amino-alcohol motifs (C(OH)–C–C–N with tert-alkyl or cyclic N) is 1. The highest BCUT2D eigenvalue weighted by molar-refractivity contribution is 5.81. The van der Waals surface area contributed by atoms with E-state index >= 15 is 0 Å². The zero-order valence-electron chi connectivity index (χ0n) is 14.8. The van der Waals surface area contributed by atoms with Crippen LogP contribution in [-0.2, 0) is 4.79 Å². The number of nitrogens with one attached hydrogen (secondary N) is 1. The lowest BCUT2D eigenvalue weighted by molar-refractivity contribution is -0.126. The van der Waals surface area contributed by atoms with Gasteiger partial charge in [-0.25, -0.2) is 0 Å². The zero-order valence-corrected chi connectivity index (χ0v) is 14.8. The van der Waals surface area contributed by atoms with E-state index in [4.69, 9.17) is 0 Å². The van der Waals surface area contributed by atoms with Crippen LogP contribution in [0, 0.1) is 0 Å². The summed E-state index contributed by atoms with van der Waals surface area (Å²) in [7, 11) is 0. The van der Waals surface area contributed by atoms with Crippen molar-refractivity contribution in [2.45, 2.75) is 58.1 Å². The second-order valence-corrected chi connectivity index (χ2v) is 7.01. The van der Waals surface area contributed by atoms with Gasteiger partial charge >= 0.3 is 0 Å². The Morgan fingerprint density at radius 2 is 2.00 bits per heavy atom. The summed E-state index contributed by atoms with van der Waals surface area (Å²) >= 11 is 0. The molecule has 0 unspecified atom stereocenters. The molecule has 1 aliphatic carbocycles. The van der Waals surface area contributed by atoms with Crippen LogP contribution in [0.15, 0.2) is 11.6 Å². The first-order chi connectivity index (χ1) is 11.1. The second-order valence-electron chi connectivity index (χ2n) is 7.01. The minimum absolute atomic E-state index is 0.0657. The molecule has 2 atom stereocenters. The van der Waals surface area contributed by atoms with Crippen molar-refractivity contribution in [1.82, 2.24) is 15.1 Å². The van der Waals surface area contributed by atoms with Crippen LogP contribution in [0.1, 0.15) is 46.0 Å². The highest BCUT2D eigenvalue weighted by Gasteiger charge is 2.25. The van der Waals surface area contributed by atoms with Crippen molar-refractivity contribution in [3.05, 3.63) is 11.6 Å². The molecule has 2 N–H and O–H groups in total. The van der Waals surface area contributed by atoms with Crippen LogP contribution in [0.5, 0.6) is 0 Å². The first-order valence-electron chi connectivity index (χ1n) is 9.16. The third-order valence-corrected chi connectivity index (χ3v) is 4.99. The molecule has 132 valence electrons. The molecule has 0 bridgehead atoms. The number of rotatable bonds is 7. The third-order valence-electron chi connectivity index (χ3n) is 4.99. The Bertz CT molecular complexity index is 401. The molecule has 5 heteroatoms. The van der Waals surface area contributed by atoms with Gasteiger partial charge in [-0.1, -0.05) is 11.6 Å². The van der Waals surface area contributed by atoms with Gasteiger partial charge in [0.05, 0.1) is 12.1 Å². The highest BCUT2D eigenvalue weighted by Crippen LogP contribution is 2.19. The number of aliphatic hydroxyl groups is 1. The van der Waals surface area contributed by atoms with Crippen LogP contribution in [0.2, 0.25) is 0 Å². The average molecular weight is 323 g/mol. The Kier molecular flexibility index (Phi) is 7.53. The number of amides is 1. The van der Waals surface area contributed by atoms with Gasteiger partial charge < -0.3 is 10.4 Å². The second kappa shape index (κ2) is 9.40. The molecule has 1 saturated heterocycles. The SMILES string of the molecule is C[C@H](O)CN1CCN([C@@H](C)C(=O)NCCC2=CCCCC2)CC1. The molecule has 1 amide bonds. The maximum atomic E-state index is 12.3. The Balaban J connectivity index is 1.65. The van der Waals surface area contributed by atoms with Crippen molar-refractivity contribution < 1.29 is 9.90 Å². The lowest BCUT2D eigenvalue weighted by atomic mass is 9.97. The Morgan fingerprint density at radius 3 is 2.61 bits per heavy atom. The van der Waals surface area contributed by atoms with Crippen LogP contribution < -0.4 is 5.32 Å². The van der Waals surface area contributed by atoms with Crippen LogP contribution in [-0.4, -0.2) is 72.2 Å². The summed E-state index contributed by atoms with van der Waals surface area (Å²) in [6, 6.07) is -0.0657. The molecule has 0 radical (unpaired) electrons. The van der Waals surface area contributed by atoms with E-state index in [1.807, 2.05) is 13.8 Å². The van der Waals surface area contributed by atoms with E-state index in [2.05, 4.69) is 21.2 Å². The summed E-state index contributed by atoms with van der Waals surface area (Å²) in [6.45, 7) is 8.95. The smallest absolute Gasteiger partial charge is 0.237 e. The van der Waals surface area contributed by atoms with Gasteiger partial charge in [0.1, 0.15) is 0 Å². The Labute approximate surface area is 140 Å². The zero-order chi connectivity index (χ0) is 16.7. The first kappa shape index (κ1) is 18.4. The number of hydrogen-bond acceptors (Lipinski definition) is 4. The number of nitrogens with zero attached hydrogens (tertiary/aromatic N) is 2. The normalized spacial score (nSPS) is 23.2. The van der Waals surface area contributed by atoms with Gasteiger partial charge in [-0.05, 0) is 46.0 Å². The van der Waals surface area contributed by atoms with E-state index in [1.165, 1.54) is 31.3 Å². The molecular weight excluding hydrogens is 290 g/mol. The minimum Gasteiger partial charge on any atom is -0.392 e. The quantitative estimate of drug-likeness (QED) is 0.695. The fourth-order valence-corrected chi connectivity index (χ4v) is 3.50. The molecule has 5 nitrogen and oxygen atoms in total. The molecule has 0 spiro atoms. The van der Waals surface area contributed by atoms with Gasteiger partial charge in [-0.15, -0.1) is 0 Å². The maximum Gasteiger partial charge on any atom is 0.237 e. The molecular formula is C18H33N3O2. The maximum absolute atomic E-state index is 12.3. The molecule has 1 aliphatic heterocycles. The number of carbonyl (C=O) groups excluding carboxylic acids is 1. The van der Waals surface area contributed by atoms with Crippen LogP contribution in [0.4, 0.5) is 0 Å². The molecule has 0 saturated carbocycles. The first-order valence-corrected chi connectivity index (χ1v) is 9.16. The molecule has 2 aliphatic rings. The fraction of sp³-hybridized carbons (Fsp3) is 0.833. The van der Waals surface area contributed by atoms with Crippen LogP contribution >= 0.6 is 0 Å². The number of allylic oxidation sites excluding steroid dienone is 1. The predicted molar refractivity (Wildman–Crippen MR) is 93.3 cm³/mol. The summed E-state index contributed by atoms with van der Waals surface area (Å²) in [5.41, 5.74) is 1.51. The van der Waals surface area contributed by atoms with Crippen molar-refractivity contribution in [2.24, 2.45) is 0 Å². The topological polar surface area (TPSA) is 55.8 Å². The van der Waals surface area contributed by atoms with Gasteiger partial charge in [-0.2, -0.15) is 0 Å². The molecule has 0 aromatic carbocycles. The van der Waals surface area contributed by atoms with Gasteiger partial charge in [0.2, 0.25) is 5.91 Å². The van der Waals surface area contributed by atoms with E-state index in [1.54, 1.807) is 0 Å². The summed E-state index contributed by atoms with van der Waals surface area (Å²) < 4.78 is 0. The van der Waals surface area contributed by atoms with Crippen molar-refractivity contribution in [2.75, 3.05) is 39.3 Å². The highest BCUT2D eigenvalue weighted by atomic mass is 16.3. The predicted octanol–water partition coefficient (Wildman–Crippen LogP) is 1.38. The van der Waals surface area contributed by atoms with E-state index in [-0.39, 0.29) is 18.1 Å². The van der Waals surface area contributed by atoms with Crippen molar-refractivity contribution in [3.8, 4) is 0 Å². The largest absolute Gasteiger partial charge is 0.392 e. The molecule has 0 aromatic rings. The lowest BCUT2D eigenvalue weighted by Gasteiger charge is -2.37. The van der Waals surface area contributed by atoms with Crippen molar-refractivity contribution in [3.63, 3.8) is 0 Å². The molecule has 2 rings (SSSR count). The van der Waals surface area contributed by atoms with Gasteiger partial charge in [0, 0.05) is 39.3 Å². The van der Waals surface area contributed by atoms with Gasteiger partial charge in [0.15, 0.2) is 0 Å². The molecule has 23 heavy (non-hydrogen) atoms. The Hall–Kier alpha value is -0.910.